The Morgan fingerprint density at radius 1 is 1.29 bits per heavy atom. The van der Waals surface area contributed by atoms with E-state index in [0.717, 1.165) is 6.20 Å². The molecule has 1 fully saturated rings. The number of hydrogen-bond donors (Lipinski definition) is 4. The van der Waals surface area contributed by atoms with Gasteiger partial charge in [-0.15, -0.1) is 0 Å². The average molecular weight is 569 g/mol. The molecule has 4 amide bonds. The molecule has 0 radical (unpaired) electrons. The number of aromatic hydroxyl groups is 1. The molecule has 1 unspecified atom stereocenters. The highest BCUT2D eigenvalue weighted by Crippen LogP contribution is 2.37. The number of benzene rings is 1. The summed E-state index contributed by atoms with van der Waals surface area (Å²) in [6.07, 6.45) is 0.582. The quantitative estimate of drug-likeness (QED) is 0.196. The number of nitrogens with two attached hydrogens (primary N) is 1. The molecule has 1 aromatic carbocycles. The second kappa shape index (κ2) is 12.0. The molecule has 4 rings (SSSR count). The molecule has 3 atom stereocenters. The number of Topliss-reactive ketones (excluding diaryl/α,β-unsaturated/α-hetero) is 2. The SMILES string of the molecule is CC(=O)c1cccc2c1OB(O)[C@@H](CC(=O)C(NC(=O)N1C(=O)C(=O)N(CCN)C[C@@H]1C)c1ncc(O)cc1F)C2. The van der Waals surface area contributed by atoms with Crippen LogP contribution in [0.4, 0.5) is 9.18 Å². The standard InChI is InChI=1S/C26H29BFN5O8/c1-13-12-32(7-6-29)24(37)25(38)33(13)26(39)31-22(21-19(28)10-17(35)11-30-21)20(36)9-16-8-15-4-3-5-18(14(2)34)23(15)41-27(16)40/h3-5,10-11,13,16,22,35,40H,6-9,12,29H2,1-2H3,(H,31,39)/t13-,16+,22?/m0/s1. The van der Waals surface area contributed by atoms with Crippen molar-refractivity contribution in [3.8, 4) is 11.5 Å². The molecule has 41 heavy (non-hydrogen) atoms. The van der Waals surface area contributed by atoms with Gasteiger partial charge in [0, 0.05) is 37.9 Å². The van der Waals surface area contributed by atoms with Gasteiger partial charge in [-0.25, -0.2) is 9.18 Å². The average Bonchev–Trinajstić information content (AvgIpc) is 2.90. The van der Waals surface area contributed by atoms with E-state index in [-0.39, 0.29) is 43.2 Å². The second-order valence-corrected chi connectivity index (χ2v) is 10.0. The van der Waals surface area contributed by atoms with E-state index in [1.807, 2.05) is 0 Å². The molecule has 2 aliphatic rings. The van der Waals surface area contributed by atoms with Crippen LogP contribution >= 0.6 is 0 Å². The smallest absolute Gasteiger partial charge is 0.526 e. The Balaban J connectivity index is 1.59. The number of pyridine rings is 1. The van der Waals surface area contributed by atoms with Crippen LogP contribution in [0, 0.1) is 5.82 Å². The van der Waals surface area contributed by atoms with Gasteiger partial charge < -0.3 is 30.7 Å². The van der Waals surface area contributed by atoms with Crippen molar-refractivity contribution in [1.29, 1.82) is 0 Å². The summed E-state index contributed by atoms with van der Waals surface area (Å²) in [6, 6.07) is 1.90. The summed E-state index contributed by atoms with van der Waals surface area (Å²) in [7, 11) is -1.50. The lowest BCUT2D eigenvalue weighted by Gasteiger charge is -2.38. The van der Waals surface area contributed by atoms with Crippen molar-refractivity contribution in [2.45, 2.75) is 44.6 Å². The summed E-state index contributed by atoms with van der Waals surface area (Å²) in [5, 5.41) is 22.6. The highest BCUT2D eigenvalue weighted by Gasteiger charge is 2.43. The van der Waals surface area contributed by atoms with E-state index in [2.05, 4.69) is 10.3 Å². The van der Waals surface area contributed by atoms with Crippen LogP contribution in [0.3, 0.4) is 0 Å². The van der Waals surface area contributed by atoms with E-state index < -0.39 is 72.3 Å². The van der Waals surface area contributed by atoms with Crippen molar-refractivity contribution in [3.05, 3.63) is 53.1 Å². The van der Waals surface area contributed by atoms with E-state index in [1.54, 1.807) is 18.2 Å². The molecule has 216 valence electrons. The number of aromatic nitrogens is 1. The van der Waals surface area contributed by atoms with Crippen molar-refractivity contribution in [2.24, 2.45) is 5.73 Å². The highest BCUT2D eigenvalue weighted by atomic mass is 19.1. The van der Waals surface area contributed by atoms with Crippen LogP contribution in [0.15, 0.2) is 30.5 Å². The number of fused-ring (bicyclic) bond motifs is 1. The van der Waals surface area contributed by atoms with Gasteiger partial charge in [-0.1, -0.05) is 12.1 Å². The molecule has 15 heteroatoms. The summed E-state index contributed by atoms with van der Waals surface area (Å²) in [4.78, 5) is 69.7. The van der Waals surface area contributed by atoms with Gasteiger partial charge in [0.25, 0.3) is 0 Å². The number of urea groups is 1. The van der Waals surface area contributed by atoms with Gasteiger partial charge in [-0.3, -0.25) is 29.1 Å². The molecule has 5 N–H and O–H groups in total. The van der Waals surface area contributed by atoms with Gasteiger partial charge in [0.15, 0.2) is 17.4 Å². The fourth-order valence-electron chi connectivity index (χ4n) is 5.02. The van der Waals surface area contributed by atoms with Crippen molar-refractivity contribution < 1.29 is 43.1 Å². The van der Waals surface area contributed by atoms with E-state index >= 15 is 0 Å². The van der Waals surface area contributed by atoms with E-state index in [1.165, 1.54) is 18.7 Å². The van der Waals surface area contributed by atoms with Crippen LogP contribution < -0.4 is 15.7 Å². The number of carbonyl (C=O) groups is 5. The summed E-state index contributed by atoms with van der Waals surface area (Å²) >= 11 is 0. The lowest BCUT2D eigenvalue weighted by Crippen LogP contribution is -2.63. The van der Waals surface area contributed by atoms with Crippen LogP contribution in [0.5, 0.6) is 11.5 Å². The maximum atomic E-state index is 14.9. The number of carbonyl (C=O) groups excluding carboxylic acids is 5. The zero-order valence-electron chi connectivity index (χ0n) is 22.4. The first-order chi connectivity index (χ1) is 19.4. The van der Waals surface area contributed by atoms with Gasteiger partial charge in [-0.2, -0.15) is 0 Å². The van der Waals surface area contributed by atoms with Gasteiger partial charge in [0.1, 0.15) is 23.2 Å². The number of imide groups is 1. The van der Waals surface area contributed by atoms with Crippen LogP contribution in [-0.2, 0) is 20.8 Å². The summed E-state index contributed by atoms with van der Waals surface area (Å²) < 4.78 is 20.5. The minimum absolute atomic E-state index is 0.00684. The van der Waals surface area contributed by atoms with Crippen LogP contribution in [0.1, 0.15) is 47.9 Å². The predicted octanol–water partition coefficient (Wildman–Crippen LogP) is 0.343. The van der Waals surface area contributed by atoms with Crippen LogP contribution in [0.2, 0.25) is 5.82 Å². The van der Waals surface area contributed by atoms with Crippen molar-refractivity contribution in [3.63, 3.8) is 0 Å². The molecule has 0 spiro atoms. The van der Waals surface area contributed by atoms with Gasteiger partial charge >= 0.3 is 25.0 Å². The van der Waals surface area contributed by atoms with Gasteiger partial charge in [0.05, 0.1) is 17.8 Å². The Morgan fingerprint density at radius 2 is 2.02 bits per heavy atom. The lowest BCUT2D eigenvalue weighted by molar-refractivity contribution is -0.155. The minimum atomic E-state index is -1.75. The number of nitrogens with zero attached hydrogens (tertiary/aromatic N) is 3. The first-order valence-electron chi connectivity index (χ1n) is 12.9. The van der Waals surface area contributed by atoms with E-state index in [4.69, 9.17) is 10.4 Å². The molecule has 3 heterocycles. The molecule has 0 aliphatic carbocycles. The molecule has 13 nitrogen and oxygen atoms in total. The molecule has 2 aliphatic heterocycles. The Labute approximate surface area is 234 Å². The molecule has 0 bridgehead atoms. The Bertz CT molecular complexity index is 1410. The van der Waals surface area contributed by atoms with Crippen LogP contribution in [-0.4, -0.2) is 87.1 Å². The van der Waals surface area contributed by atoms with Crippen molar-refractivity contribution in [1.82, 2.24) is 20.1 Å². The first kappa shape index (κ1) is 29.6. The lowest BCUT2D eigenvalue weighted by atomic mass is 9.64. The third-order valence-corrected chi connectivity index (χ3v) is 7.01. The maximum Gasteiger partial charge on any atom is 0.526 e. The summed E-state index contributed by atoms with van der Waals surface area (Å²) in [6.45, 7) is 3.10. The van der Waals surface area contributed by atoms with Gasteiger partial charge in [0.2, 0.25) is 0 Å². The number of amides is 4. The third-order valence-electron chi connectivity index (χ3n) is 7.01. The molecular weight excluding hydrogens is 540 g/mol. The number of piperazine rings is 1. The van der Waals surface area contributed by atoms with E-state index in [9.17, 15) is 38.5 Å². The maximum absolute atomic E-state index is 14.9. The van der Waals surface area contributed by atoms with Gasteiger partial charge in [-0.05, 0) is 31.9 Å². The number of ketones is 2. The molecule has 2 aromatic rings. The first-order valence-corrected chi connectivity index (χ1v) is 12.9. The Morgan fingerprint density at radius 3 is 2.68 bits per heavy atom. The number of halogens is 1. The zero-order chi connectivity index (χ0) is 30.0. The summed E-state index contributed by atoms with van der Waals surface area (Å²) in [5.41, 5.74) is 5.79. The number of para-hydroxylation sites is 1. The van der Waals surface area contributed by atoms with Crippen LogP contribution in [0.25, 0.3) is 0 Å². The van der Waals surface area contributed by atoms with Crippen molar-refractivity contribution in [2.75, 3.05) is 19.6 Å². The normalized spacial score (nSPS) is 19.4. The molecule has 1 aromatic heterocycles. The Hall–Kier alpha value is -4.37. The fourth-order valence-corrected chi connectivity index (χ4v) is 5.02. The topological polar surface area (TPSA) is 192 Å². The molecule has 0 saturated carbocycles. The third kappa shape index (κ3) is 6.05. The van der Waals surface area contributed by atoms with Crippen molar-refractivity contribution >= 4 is 36.5 Å². The highest BCUT2D eigenvalue weighted by molar-refractivity contribution is 6.47. The largest absolute Gasteiger partial charge is 0.535 e. The summed E-state index contributed by atoms with van der Waals surface area (Å²) in [5.74, 6) is -5.43. The fraction of sp³-hybridized carbons (Fsp3) is 0.385. The Kier molecular flexibility index (Phi) is 8.68. The number of rotatable bonds is 8. The molecule has 1 saturated heterocycles. The minimum Gasteiger partial charge on any atom is -0.535 e. The number of hydrogen-bond acceptors (Lipinski definition) is 10. The molecular formula is C26H29BFN5O8. The second-order valence-electron chi connectivity index (χ2n) is 10.0. The monoisotopic (exact) mass is 569 g/mol. The zero-order valence-corrected chi connectivity index (χ0v) is 22.4. The van der Waals surface area contributed by atoms with E-state index in [0.29, 0.717) is 16.5 Å². The number of nitrogens with one attached hydrogen (secondary N) is 1. The predicted molar refractivity (Wildman–Crippen MR) is 141 cm³/mol.